The Labute approximate surface area is 171 Å². The van der Waals surface area contributed by atoms with Crippen molar-refractivity contribution >= 4 is 44.9 Å². The second kappa shape index (κ2) is 7.96. The number of nitrogens with zero attached hydrogens (tertiary/aromatic N) is 2. The minimum atomic E-state index is -0.533. The van der Waals surface area contributed by atoms with Gasteiger partial charge in [0.15, 0.2) is 6.20 Å². The van der Waals surface area contributed by atoms with Gasteiger partial charge >= 0.3 is 6.09 Å². The number of carbonyl (C=O) groups excluding carboxylic acids is 2. The molecule has 0 spiro atoms. The molecule has 9 heteroatoms. The van der Waals surface area contributed by atoms with Crippen molar-refractivity contribution in [2.24, 2.45) is 5.73 Å². The number of pyridine rings is 1. The van der Waals surface area contributed by atoms with E-state index in [1.807, 2.05) is 42.6 Å². The van der Waals surface area contributed by atoms with Crippen molar-refractivity contribution in [3.63, 3.8) is 0 Å². The lowest BCUT2D eigenvalue weighted by Crippen LogP contribution is -2.49. The molecule has 0 unspecified atom stereocenters. The van der Waals surface area contributed by atoms with Crippen LogP contribution in [0.1, 0.15) is 15.2 Å². The van der Waals surface area contributed by atoms with Crippen molar-refractivity contribution in [2.75, 3.05) is 36.8 Å². The largest absolute Gasteiger partial charge is 0.445 e. The lowest BCUT2D eigenvalue weighted by Gasteiger charge is -2.35. The second-order valence-electron chi connectivity index (χ2n) is 6.79. The van der Waals surface area contributed by atoms with E-state index in [2.05, 4.69) is 9.88 Å². The number of hydrogen-bond acceptors (Lipinski definition) is 6. The highest BCUT2D eigenvalue weighted by Gasteiger charge is 2.27. The van der Waals surface area contributed by atoms with Gasteiger partial charge in [0.05, 0.1) is 11.4 Å². The van der Waals surface area contributed by atoms with Gasteiger partial charge in [-0.05, 0) is 5.56 Å². The Morgan fingerprint density at radius 2 is 1.83 bits per heavy atom. The maximum absolute atomic E-state index is 12.4. The van der Waals surface area contributed by atoms with E-state index < -0.39 is 5.91 Å². The summed E-state index contributed by atoms with van der Waals surface area (Å²) >= 11 is 1.25. The molecule has 1 fully saturated rings. The van der Waals surface area contributed by atoms with E-state index in [-0.39, 0.29) is 12.7 Å². The van der Waals surface area contributed by atoms with Crippen molar-refractivity contribution in [1.29, 1.82) is 0 Å². The smallest absolute Gasteiger partial charge is 0.410 e. The molecule has 1 aliphatic heterocycles. The number of H-pyrrole nitrogens is 1. The Hall–Kier alpha value is -3.33. The van der Waals surface area contributed by atoms with Gasteiger partial charge in [0.25, 0.3) is 10.7 Å². The van der Waals surface area contributed by atoms with Gasteiger partial charge in [-0.25, -0.2) is 9.78 Å². The van der Waals surface area contributed by atoms with Crippen LogP contribution in [-0.4, -0.2) is 43.1 Å². The number of aromatic amines is 1. The molecule has 5 N–H and O–H groups in total. The number of nitrogen functional groups attached to an aromatic ring is 1. The van der Waals surface area contributed by atoms with E-state index in [9.17, 15) is 9.59 Å². The number of anilines is 2. The summed E-state index contributed by atoms with van der Waals surface area (Å²) in [5.74, 6) is -0.533. The fourth-order valence-electron chi connectivity index (χ4n) is 3.47. The van der Waals surface area contributed by atoms with E-state index >= 15 is 0 Å². The maximum Gasteiger partial charge on any atom is 0.410 e. The number of rotatable bonds is 4. The molecule has 150 valence electrons. The average Bonchev–Trinajstić information content (AvgIpc) is 3.10. The summed E-state index contributed by atoms with van der Waals surface area (Å²) in [6.07, 6.45) is 1.50. The van der Waals surface area contributed by atoms with Gasteiger partial charge in [0.1, 0.15) is 16.9 Å². The monoisotopic (exact) mass is 412 g/mol. The Morgan fingerprint density at radius 3 is 2.52 bits per heavy atom. The number of carbonyl (C=O) groups is 2. The SMILES string of the molecule is NC(=O)c1sc2[nH+]ccc(N3CCN(C(=O)OCc4ccccc4)CC3)c2c1N. The summed E-state index contributed by atoms with van der Waals surface area (Å²) in [4.78, 5) is 32.1. The number of ether oxygens (including phenoxy) is 1. The third kappa shape index (κ3) is 3.81. The molecule has 2 amide bonds. The number of amides is 2. The molecule has 1 aromatic carbocycles. The summed E-state index contributed by atoms with van der Waals surface area (Å²) in [5.41, 5.74) is 13.9. The molecule has 3 aromatic rings. The summed E-state index contributed by atoms with van der Waals surface area (Å²) in [6, 6.07) is 11.5. The molecule has 29 heavy (non-hydrogen) atoms. The van der Waals surface area contributed by atoms with Crippen molar-refractivity contribution in [1.82, 2.24) is 4.90 Å². The molecule has 0 atom stereocenters. The topological polar surface area (TPSA) is 116 Å². The fourth-order valence-corrected chi connectivity index (χ4v) is 4.43. The van der Waals surface area contributed by atoms with Crippen LogP contribution < -0.4 is 21.4 Å². The Kier molecular flexibility index (Phi) is 5.22. The number of fused-ring (bicyclic) bond motifs is 1. The quantitative estimate of drug-likeness (QED) is 0.678. The van der Waals surface area contributed by atoms with Gasteiger partial charge in [0.2, 0.25) is 0 Å². The second-order valence-corrected chi connectivity index (χ2v) is 7.81. The van der Waals surface area contributed by atoms with Gasteiger partial charge in [-0.3, -0.25) is 4.79 Å². The molecular formula is C20H22N5O3S+. The third-order valence-corrected chi connectivity index (χ3v) is 6.12. The van der Waals surface area contributed by atoms with E-state index in [1.165, 1.54) is 11.3 Å². The molecule has 3 heterocycles. The first-order valence-corrected chi connectivity index (χ1v) is 10.1. The zero-order valence-electron chi connectivity index (χ0n) is 15.8. The molecule has 1 aliphatic rings. The van der Waals surface area contributed by atoms with Crippen molar-refractivity contribution in [3.05, 3.63) is 53.0 Å². The Bertz CT molecular complexity index is 1040. The first-order chi connectivity index (χ1) is 14.0. The highest BCUT2D eigenvalue weighted by molar-refractivity contribution is 7.20. The first kappa shape index (κ1) is 19.0. The van der Waals surface area contributed by atoms with E-state index in [1.54, 1.807) is 4.90 Å². The van der Waals surface area contributed by atoms with Crippen LogP contribution in [0.5, 0.6) is 0 Å². The van der Waals surface area contributed by atoms with Crippen LogP contribution in [-0.2, 0) is 11.3 Å². The highest BCUT2D eigenvalue weighted by atomic mass is 32.1. The van der Waals surface area contributed by atoms with Gasteiger partial charge in [0, 0.05) is 32.2 Å². The van der Waals surface area contributed by atoms with Crippen LogP contribution in [0.4, 0.5) is 16.2 Å². The minimum Gasteiger partial charge on any atom is -0.445 e. The Balaban J connectivity index is 1.43. The first-order valence-electron chi connectivity index (χ1n) is 9.27. The van der Waals surface area contributed by atoms with Gasteiger partial charge < -0.3 is 26.0 Å². The van der Waals surface area contributed by atoms with Crippen molar-refractivity contribution < 1.29 is 19.3 Å². The summed E-state index contributed by atoms with van der Waals surface area (Å²) in [5, 5.41) is 0.798. The highest BCUT2D eigenvalue weighted by Crippen LogP contribution is 2.37. The van der Waals surface area contributed by atoms with E-state index in [0.717, 1.165) is 21.5 Å². The molecule has 1 saturated heterocycles. The zero-order valence-corrected chi connectivity index (χ0v) is 16.6. The molecule has 4 rings (SSSR count). The number of piperazine rings is 1. The summed E-state index contributed by atoms with van der Waals surface area (Å²) in [6.45, 7) is 2.62. The van der Waals surface area contributed by atoms with Crippen molar-refractivity contribution in [2.45, 2.75) is 6.61 Å². The number of benzene rings is 1. The molecule has 0 aliphatic carbocycles. The van der Waals surface area contributed by atoms with Crippen LogP contribution >= 0.6 is 11.3 Å². The summed E-state index contributed by atoms with van der Waals surface area (Å²) in [7, 11) is 0. The number of thiophene rings is 1. The molecule has 0 bridgehead atoms. The van der Waals surface area contributed by atoms with Crippen LogP contribution in [0.15, 0.2) is 42.6 Å². The number of primary amides is 1. The molecule has 0 saturated carbocycles. The van der Waals surface area contributed by atoms with Crippen LogP contribution in [0.2, 0.25) is 0 Å². The lowest BCUT2D eigenvalue weighted by atomic mass is 10.2. The predicted molar refractivity (Wildman–Crippen MR) is 112 cm³/mol. The third-order valence-electron chi connectivity index (χ3n) is 4.96. The van der Waals surface area contributed by atoms with Crippen LogP contribution in [0.3, 0.4) is 0 Å². The molecule has 0 radical (unpaired) electrons. The van der Waals surface area contributed by atoms with Gasteiger partial charge in [-0.15, -0.1) is 0 Å². The average molecular weight is 412 g/mol. The van der Waals surface area contributed by atoms with Gasteiger partial charge in [-0.2, -0.15) is 0 Å². The number of nitrogens with two attached hydrogens (primary N) is 2. The molecule has 8 nitrogen and oxygen atoms in total. The number of hydrogen-bond donors (Lipinski definition) is 2. The molecular weight excluding hydrogens is 390 g/mol. The fraction of sp³-hybridized carbons (Fsp3) is 0.250. The minimum absolute atomic E-state index is 0.260. The normalized spacial score (nSPS) is 14.2. The van der Waals surface area contributed by atoms with Crippen molar-refractivity contribution in [3.8, 4) is 0 Å². The number of nitrogens with one attached hydrogen (secondary N) is 1. The standard InChI is InChI=1S/C20H21N5O3S/c21-16-15-14(6-7-23-19(15)29-17(16)18(22)26)24-8-10-25(11-9-24)20(27)28-12-13-4-2-1-3-5-13/h1-7H,8-12,21H2,(H2,22,26)/p+1. The maximum atomic E-state index is 12.4. The predicted octanol–water partition coefficient (Wildman–Crippen LogP) is 1.86. The molecule has 2 aromatic heterocycles. The zero-order chi connectivity index (χ0) is 20.4. The van der Waals surface area contributed by atoms with Crippen LogP contribution in [0.25, 0.3) is 10.2 Å². The lowest BCUT2D eigenvalue weighted by molar-refractivity contribution is -0.341. The van der Waals surface area contributed by atoms with E-state index in [4.69, 9.17) is 16.2 Å². The Morgan fingerprint density at radius 1 is 1.10 bits per heavy atom. The van der Waals surface area contributed by atoms with Gasteiger partial charge in [-0.1, -0.05) is 41.7 Å². The number of aromatic nitrogens is 1. The van der Waals surface area contributed by atoms with Crippen LogP contribution in [0, 0.1) is 0 Å². The van der Waals surface area contributed by atoms with E-state index in [0.29, 0.717) is 36.7 Å². The summed E-state index contributed by atoms with van der Waals surface area (Å²) < 4.78 is 5.42.